The summed E-state index contributed by atoms with van der Waals surface area (Å²) in [4.78, 5) is 6.88. The number of aliphatic imine (C=N–C) groups is 1. The molecule has 26 heavy (non-hydrogen) atoms. The molecule has 4 heteroatoms. The minimum Gasteiger partial charge on any atom is -0.366 e. The molecule has 2 aromatic rings. The third-order valence-electron chi connectivity index (χ3n) is 5.15. The van der Waals surface area contributed by atoms with Gasteiger partial charge in [-0.1, -0.05) is 26.0 Å². The lowest BCUT2D eigenvalue weighted by molar-refractivity contribution is 0.375. The lowest BCUT2D eigenvalue weighted by atomic mass is 9.79. The molecular weight excluding hydrogens is 438 g/mol. The molecule has 0 radical (unpaired) electrons. The summed E-state index contributed by atoms with van der Waals surface area (Å²) in [6, 6.07) is 11.6. The fourth-order valence-electron chi connectivity index (χ4n) is 3.96. The molecule has 1 aliphatic rings. The molecule has 2 nitrogen and oxygen atoms in total. The van der Waals surface area contributed by atoms with E-state index in [1.807, 2.05) is 30.3 Å². The summed E-state index contributed by atoms with van der Waals surface area (Å²) in [5, 5.41) is 0. The standard InChI is InChI=1S/C22H26FIN2/c1-5-10-26-21-12-18(23)16(11-17(21)15(2)13-22(26,3)4)14-25-20-9-7-6-8-19(20)24/h6-9,11-12,14-15H,5,10,13H2,1-4H3. The van der Waals surface area contributed by atoms with Crippen LogP contribution in [0.1, 0.15) is 57.6 Å². The van der Waals surface area contributed by atoms with Crippen molar-refractivity contribution in [1.82, 2.24) is 0 Å². The van der Waals surface area contributed by atoms with Crippen molar-refractivity contribution in [3.05, 3.63) is 56.9 Å². The minimum absolute atomic E-state index is 0.0463. The van der Waals surface area contributed by atoms with Crippen molar-refractivity contribution in [3.63, 3.8) is 0 Å². The lowest BCUT2D eigenvalue weighted by Crippen LogP contribution is -2.48. The van der Waals surface area contributed by atoms with E-state index in [1.165, 1.54) is 5.56 Å². The van der Waals surface area contributed by atoms with E-state index in [-0.39, 0.29) is 11.4 Å². The van der Waals surface area contributed by atoms with Gasteiger partial charge in [-0.2, -0.15) is 0 Å². The normalized spacial score (nSPS) is 19.0. The van der Waals surface area contributed by atoms with Gasteiger partial charge in [-0.3, -0.25) is 4.99 Å². The summed E-state index contributed by atoms with van der Waals surface area (Å²) in [5.41, 5.74) is 3.74. The number of para-hydroxylation sites is 1. The maximum absolute atomic E-state index is 14.9. The molecule has 0 bridgehead atoms. The van der Waals surface area contributed by atoms with Crippen LogP contribution in [0.3, 0.4) is 0 Å². The molecule has 0 spiro atoms. The molecule has 0 saturated carbocycles. The zero-order chi connectivity index (χ0) is 18.9. The SMILES string of the molecule is CCCN1c2cc(F)c(C=Nc3ccccc3I)cc2C(C)CC1(C)C. The van der Waals surface area contributed by atoms with Gasteiger partial charge < -0.3 is 4.90 Å². The first-order chi connectivity index (χ1) is 12.3. The van der Waals surface area contributed by atoms with Crippen LogP contribution < -0.4 is 4.90 Å². The Kier molecular flexibility index (Phi) is 5.70. The summed E-state index contributed by atoms with van der Waals surface area (Å²) in [7, 11) is 0. The second kappa shape index (κ2) is 7.67. The van der Waals surface area contributed by atoms with Crippen molar-refractivity contribution in [2.75, 3.05) is 11.4 Å². The zero-order valence-corrected chi connectivity index (χ0v) is 18.0. The monoisotopic (exact) mass is 464 g/mol. The fraction of sp³-hybridized carbons (Fsp3) is 0.409. The number of benzene rings is 2. The largest absolute Gasteiger partial charge is 0.366 e. The highest BCUT2D eigenvalue weighted by atomic mass is 127. The predicted molar refractivity (Wildman–Crippen MR) is 118 cm³/mol. The molecule has 0 fully saturated rings. The van der Waals surface area contributed by atoms with E-state index in [4.69, 9.17) is 0 Å². The van der Waals surface area contributed by atoms with Gasteiger partial charge >= 0.3 is 0 Å². The van der Waals surface area contributed by atoms with Crippen LogP contribution in [0, 0.1) is 9.39 Å². The molecule has 138 valence electrons. The molecule has 1 unspecified atom stereocenters. The molecule has 0 aromatic heterocycles. The van der Waals surface area contributed by atoms with Crippen molar-refractivity contribution in [3.8, 4) is 0 Å². The molecule has 0 saturated heterocycles. The van der Waals surface area contributed by atoms with Gasteiger partial charge in [0.05, 0.1) is 5.69 Å². The van der Waals surface area contributed by atoms with Crippen molar-refractivity contribution < 1.29 is 4.39 Å². The average molecular weight is 464 g/mol. The molecule has 1 heterocycles. The first kappa shape index (κ1) is 19.3. The topological polar surface area (TPSA) is 15.6 Å². The third-order valence-corrected chi connectivity index (χ3v) is 6.06. The van der Waals surface area contributed by atoms with Crippen LogP contribution in [0.2, 0.25) is 0 Å². The summed E-state index contributed by atoms with van der Waals surface area (Å²) < 4.78 is 15.9. The number of halogens is 2. The number of rotatable bonds is 4. The van der Waals surface area contributed by atoms with Crippen LogP contribution in [0.4, 0.5) is 15.8 Å². The highest BCUT2D eigenvalue weighted by molar-refractivity contribution is 14.1. The Morgan fingerprint density at radius 3 is 2.73 bits per heavy atom. The van der Waals surface area contributed by atoms with Gasteiger partial charge in [0.1, 0.15) is 5.82 Å². The van der Waals surface area contributed by atoms with Gasteiger partial charge in [-0.15, -0.1) is 0 Å². The van der Waals surface area contributed by atoms with E-state index in [9.17, 15) is 4.39 Å². The first-order valence-electron chi connectivity index (χ1n) is 9.23. The summed E-state index contributed by atoms with van der Waals surface area (Å²) in [5.74, 6) is 0.196. The molecular formula is C22H26FIN2. The third kappa shape index (κ3) is 3.80. The second-order valence-corrected chi connectivity index (χ2v) is 8.87. The molecule has 0 N–H and O–H groups in total. The van der Waals surface area contributed by atoms with Crippen LogP contribution in [-0.4, -0.2) is 18.3 Å². The maximum atomic E-state index is 14.9. The highest BCUT2D eigenvalue weighted by Gasteiger charge is 2.36. The Morgan fingerprint density at radius 1 is 1.31 bits per heavy atom. The first-order valence-corrected chi connectivity index (χ1v) is 10.3. The van der Waals surface area contributed by atoms with Crippen LogP contribution in [0.25, 0.3) is 0 Å². The van der Waals surface area contributed by atoms with Crippen LogP contribution >= 0.6 is 22.6 Å². The Balaban J connectivity index is 2.02. The number of nitrogens with zero attached hydrogens (tertiary/aromatic N) is 2. The fourth-order valence-corrected chi connectivity index (χ4v) is 4.49. The van der Waals surface area contributed by atoms with Crippen LogP contribution in [0.5, 0.6) is 0 Å². The van der Waals surface area contributed by atoms with E-state index in [0.717, 1.165) is 34.3 Å². The molecule has 1 aliphatic heterocycles. The van der Waals surface area contributed by atoms with Crippen molar-refractivity contribution in [2.24, 2.45) is 4.99 Å². The summed E-state index contributed by atoms with van der Waals surface area (Å²) in [6.45, 7) is 9.87. The molecule has 1 atom stereocenters. The highest BCUT2D eigenvalue weighted by Crippen LogP contribution is 2.44. The Morgan fingerprint density at radius 2 is 2.04 bits per heavy atom. The van der Waals surface area contributed by atoms with E-state index >= 15 is 0 Å². The van der Waals surface area contributed by atoms with E-state index < -0.39 is 0 Å². The molecule has 0 aliphatic carbocycles. The minimum atomic E-state index is -0.204. The summed E-state index contributed by atoms with van der Waals surface area (Å²) >= 11 is 2.25. The smallest absolute Gasteiger partial charge is 0.134 e. The second-order valence-electron chi connectivity index (χ2n) is 7.71. The molecule has 0 amide bonds. The zero-order valence-electron chi connectivity index (χ0n) is 15.9. The van der Waals surface area contributed by atoms with Gasteiger partial charge in [-0.25, -0.2) is 4.39 Å². The van der Waals surface area contributed by atoms with Crippen molar-refractivity contribution >= 4 is 40.2 Å². The molecule has 3 rings (SSSR count). The van der Waals surface area contributed by atoms with Crippen molar-refractivity contribution in [1.29, 1.82) is 0 Å². The van der Waals surface area contributed by atoms with Crippen LogP contribution in [-0.2, 0) is 0 Å². The average Bonchev–Trinajstić information content (AvgIpc) is 2.58. The summed E-state index contributed by atoms with van der Waals surface area (Å²) in [6.07, 6.45) is 3.77. The van der Waals surface area contributed by atoms with E-state index in [0.29, 0.717) is 11.5 Å². The quantitative estimate of drug-likeness (QED) is 0.364. The van der Waals surface area contributed by atoms with Crippen LogP contribution in [0.15, 0.2) is 41.4 Å². The van der Waals surface area contributed by atoms with E-state index in [1.54, 1.807) is 12.3 Å². The Hall–Kier alpha value is -1.43. The molecule has 2 aromatic carbocycles. The lowest BCUT2D eigenvalue weighted by Gasteiger charge is -2.47. The van der Waals surface area contributed by atoms with Gasteiger partial charge in [0.25, 0.3) is 0 Å². The van der Waals surface area contributed by atoms with Gasteiger partial charge in [0.15, 0.2) is 0 Å². The Labute approximate surface area is 169 Å². The predicted octanol–water partition coefficient (Wildman–Crippen LogP) is 6.68. The number of hydrogen-bond acceptors (Lipinski definition) is 2. The van der Waals surface area contributed by atoms with E-state index in [2.05, 4.69) is 60.2 Å². The Bertz CT molecular complexity index is 829. The van der Waals surface area contributed by atoms with Crippen molar-refractivity contribution in [2.45, 2.75) is 52.0 Å². The number of anilines is 1. The van der Waals surface area contributed by atoms with Gasteiger partial charge in [-0.05, 0) is 85.0 Å². The number of hydrogen-bond donors (Lipinski definition) is 0. The van der Waals surface area contributed by atoms with Gasteiger partial charge in [0, 0.05) is 33.1 Å². The maximum Gasteiger partial charge on any atom is 0.134 e. The number of fused-ring (bicyclic) bond motifs is 1. The van der Waals surface area contributed by atoms with Gasteiger partial charge in [0.2, 0.25) is 0 Å².